The normalized spacial score (nSPS) is 12.2. The molecule has 6 heteroatoms. The average Bonchev–Trinajstić information content (AvgIpc) is 3.18. The van der Waals surface area contributed by atoms with Gasteiger partial charge < -0.3 is 15.5 Å². The minimum absolute atomic E-state index is 0.0185. The van der Waals surface area contributed by atoms with Crippen LogP contribution >= 0.6 is 0 Å². The molecule has 0 aromatic heterocycles. The Morgan fingerprint density at radius 2 is 1.37 bits per heavy atom. The molecule has 0 aliphatic carbocycles. The van der Waals surface area contributed by atoms with Gasteiger partial charge in [-0.05, 0) is 66.6 Å². The van der Waals surface area contributed by atoms with Gasteiger partial charge in [-0.3, -0.25) is 14.4 Å². The van der Waals surface area contributed by atoms with E-state index in [-0.39, 0.29) is 17.7 Å². The molecule has 1 aliphatic rings. The van der Waals surface area contributed by atoms with E-state index in [1.54, 1.807) is 66.4 Å². The predicted molar refractivity (Wildman–Crippen MR) is 117 cm³/mol. The topological polar surface area (TPSA) is 78.5 Å². The van der Waals surface area contributed by atoms with E-state index < -0.39 is 0 Å². The van der Waals surface area contributed by atoms with Gasteiger partial charge >= 0.3 is 0 Å². The number of hydrogen-bond acceptors (Lipinski definition) is 3. The summed E-state index contributed by atoms with van der Waals surface area (Å²) >= 11 is 0. The van der Waals surface area contributed by atoms with E-state index in [4.69, 9.17) is 0 Å². The lowest BCUT2D eigenvalue weighted by Gasteiger charge is -2.15. The van der Waals surface area contributed by atoms with E-state index in [2.05, 4.69) is 10.6 Å². The second-order valence-corrected chi connectivity index (χ2v) is 7.12. The lowest BCUT2D eigenvalue weighted by molar-refractivity contribution is -0.116. The number of anilines is 3. The molecule has 3 aromatic rings. The number of amides is 3. The van der Waals surface area contributed by atoms with Crippen LogP contribution in [-0.2, 0) is 11.2 Å². The van der Waals surface area contributed by atoms with Gasteiger partial charge in [-0.25, -0.2) is 0 Å². The summed E-state index contributed by atoms with van der Waals surface area (Å²) < 4.78 is 0. The minimum atomic E-state index is -0.239. The van der Waals surface area contributed by atoms with Crippen LogP contribution in [0.2, 0.25) is 0 Å². The molecule has 0 atom stereocenters. The first-order valence-electron chi connectivity index (χ1n) is 9.70. The molecule has 1 heterocycles. The van der Waals surface area contributed by atoms with Gasteiger partial charge in [-0.1, -0.05) is 18.2 Å². The van der Waals surface area contributed by atoms with Crippen LogP contribution in [0.5, 0.6) is 0 Å². The van der Waals surface area contributed by atoms with Gasteiger partial charge in [0.1, 0.15) is 0 Å². The summed E-state index contributed by atoms with van der Waals surface area (Å²) in [7, 11) is 0. The van der Waals surface area contributed by atoms with Crippen LogP contribution in [0.15, 0.2) is 72.8 Å². The lowest BCUT2D eigenvalue weighted by atomic mass is 10.1. The Balaban J connectivity index is 1.41. The third kappa shape index (κ3) is 4.07. The van der Waals surface area contributed by atoms with Crippen LogP contribution in [0.4, 0.5) is 17.1 Å². The summed E-state index contributed by atoms with van der Waals surface area (Å²) in [6.45, 7) is 2.22. The molecule has 4 rings (SSSR count). The van der Waals surface area contributed by atoms with Gasteiger partial charge in [0.05, 0.1) is 0 Å². The molecule has 30 heavy (non-hydrogen) atoms. The fourth-order valence-corrected chi connectivity index (χ4v) is 3.51. The number of carbonyl (C=O) groups is 3. The van der Waals surface area contributed by atoms with Crippen molar-refractivity contribution in [1.29, 1.82) is 0 Å². The zero-order chi connectivity index (χ0) is 21.1. The smallest absolute Gasteiger partial charge is 0.255 e. The van der Waals surface area contributed by atoms with Gasteiger partial charge in [0, 0.05) is 41.7 Å². The Morgan fingerprint density at radius 1 is 0.767 bits per heavy atom. The first-order chi connectivity index (χ1) is 14.5. The van der Waals surface area contributed by atoms with Crippen LogP contribution in [0.1, 0.15) is 33.2 Å². The van der Waals surface area contributed by atoms with Crippen molar-refractivity contribution in [3.63, 3.8) is 0 Å². The largest absolute Gasteiger partial charge is 0.322 e. The second kappa shape index (κ2) is 8.21. The molecule has 2 N–H and O–H groups in total. The zero-order valence-corrected chi connectivity index (χ0v) is 16.5. The fraction of sp³-hybridized carbons (Fsp3) is 0.125. The first kappa shape index (κ1) is 19.4. The van der Waals surface area contributed by atoms with Gasteiger partial charge in [-0.15, -0.1) is 0 Å². The highest BCUT2D eigenvalue weighted by molar-refractivity contribution is 6.06. The molecule has 150 valence electrons. The van der Waals surface area contributed by atoms with Crippen molar-refractivity contribution in [2.24, 2.45) is 0 Å². The van der Waals surface area contributed by atoms with Crippen LogP contribution in [0, 0.1) is 0 Å². The number of nitrogens with zero attached hydrogens (tertiary/aromatic N) is 1. The minimum Gasteiger partial charge on any atom is -0.322 e. The van der Waals surface area contributed by atoms with E-state index in [0.717, 1.165) is 17.7 Å². The molecule has 3 aromatic carbocycles. The number of hydrogen-bond donors (Lipinski definition) is 2. The van der Waals surface area contributed by atoms with Crippen molar-refractivity contribution in [2.45, 2.75) is 13.3 Å². The Bertz CT molecular complexity index is 1110. The van der Waals surface area contributed by atoms with Gasteiger partial charge in [0.2, 0.25) is 5.91 Å². The Kier molecular flexibility index (Phi) is 5.30. The highest BCUT2D eigenvalue weighted by atomic mass is 16.2. The molecule has 3 amide bonds. The summed E-state index contributed by atoms with van der Waals surface area (Å²) in [6, 6.07) is 21.2. The van der Waals surface area contributed by atoms with E-state index in [1.807, 2.05) is 18.2 Å². The number of fused-ring (bicyclic) bond motifs is 1. The van der Waals surface area contributed by atoms with Crippen molar-refractivity contribution in [1.82, 2.24) is 0 Å². The average molecular weight is 399 g/mol. The first-order valence-corrected chi connectivity index (χ1v) is 9.70. The molecule has 0 saturated heterocycles. The molecule has 6 nitrogen and oxygen atoms in total. The SMILES string of the molecule is CC(=O)N1CCc2cc(NC(=O)c3ccc(NC(=O)c4ccccc4)cc3)ccc21. The van der Waals surface area contributed by atoms with E-state index >= 15 is 0 Å². The van der Waals surface area contributed by atoms with E-state index in [1.165, 1.54) is 0 Å². The maximum Gasteiger partial charge on any atom is 0.255 e. The number of carbonyl (C=O) groups excluding carboxylic acids is 3. The summed E-state index contributed by atoms with van der Waals surface area (Å²) in [4.78, 5) is 38.2. The van der Waals surface area contributed by atoms with Gasteiger partial charge in [0.25, 0.3) is 11.8 Å². The Morgan fingerprint density at radius 3 is 2.03 bits per heavy atom. The standard InChI is InChI=1S/C24H21N3O3/c1-16(28)27-14-13-19-15-21(11-12-22(19)27)26-24(30)18-7-9-20(10-8-18)25-23(29)17-5-3-2-4-6-17/h2-12,15H,13-14H2,1H3,(H,25,29)(H,26,30). The van der Waals surface area contributed by atoms with Crippen molar-refractivity contribution in [3.05, 3.63) is 89.5 Å². The summed E-state index contributed by atoms with van der Waals surface area (Å²) in [5, 5.41) is 5.70. The molecule has 1 aliphatic heterocycles. The van der Waals surface area contributed by atoms with E-state index in [9.17, 15) is 14.4 Å². The molecular formula is C24H21N3O3. The third-order valence-electron chi connectivity index (χ3n) is 5.05. The zero-order valence-electron chi connectivity index (χ0n) is 16.5. The van der Waals surface area contributed by atoms with Crippen molar-refractivity contribution in [3.8, 4) is 0 Å². The van der Waals surface area contributed by atoms with Crippen LogP contribution in [0.3, 0.4) is 0 Å². The molecule has 0 saturated carbocycles. The second-order valence-electron chi connectivity index (χ2n) is 7.12. The Hall–Kier alpha value is -3.93. The fourth-order valence-electron chi connectivity index (χ4n) is 3.51. The maximum atomic E-state index is 12.6. The third-order valence-corrected chi connectivity index (χ3v) is 5.05. The predicted octanol–water partition coefficient (Wildman–Crippen LogP) is 4.10. The highest BCUT2D eigenvalue weighted by Gasteiger charge is 2.22. The van der Waals surface area contributed by atoms with E-state index in [0.29, 0.717) is 29.0 Å². The molecular weight excluding hydrogens is 378 g/mol. The molecule has 0 bridgehead atoms. The number of nitrogens with one attached hydrogen (secondary N) is 2. The number of rotatable bonds is 4. The molecule has 0 spiro atoms. The number of benzene rings is 3. The van der Waals surface area contributed by atoms with Crippen molar-refractivity contribution >= 4 is 34.8 Å². The maximum absolute atomic E-state index is 12.6. The molecule has 0 unspecified atom stereocenters. The van der Waals surface area contributed by atoms with Crippen molar-refractivity contribution < 1.29 is 14.4 Å². The van der Waals surface area contributed by atoms with Crippen LogP contribution in [-0.4, -0.2) is 24.3 Å². The Labute approximate surface area is 174 Å². The highest BCUT2D eigenvalue weighted by Crippen LogP contribution is 2.30. The summed E-state index contributed by atoms with van der Waals surface area (Å²) in [5.74, 6) is -0.423. The lowest BCUT2D eigenvalue weighted by Crippen LogP contribution is -2.25. The quantitative estimate of drug-likeness (QED) is 0.693. The van der Waals surface area contributed by atoms with Crippen LogP contribution < -0.4 is 15.5 Å². The van der Waals surface area contributed by atoms with Crippen molar-refractivity contribution in [2.75, 3.05) is 22.1 Å². The monoisotopic (exact) mass is 399 g/mol. The molecule has 0 radical (unpaired) electrons. The molecule has 0 fully saturated rings. The summed E-state index contributed by atoms with van der Waals surface area (Å²) in [6.07, 6.45) is 0.772. The van der Waals surface area contributed by atoms with Gasteiger partial charge in [0.15, 0.2) is 0 Å². The summed E-state index contributed by atoms with van der Waals surface area (Å²) in [5.41, 5.74) is 4.30. The van der Waals surface area contributed by atoms with Crippen LogP contribution in [0.25, 0.3) is 0 Å². The van der Waals surface area contributed by atoms with Gasteiger partial charge in [-0.2, -0.15) is 0 Å².